The van der Waals surface area contributed by atoms with Gasteiger partial charge in [-0.1, -0.05) is 11.6 Å². The monoisotopic (exact) mass is 235 g/mol. The lowest BCUT2D eigenvalue weighted by molar-refractivity contribution is 0.0942. The topological polar surface area (TPSA) is 47.8 Å². The van der Waals surface area contributed by atoms with Crippen molar-refractivity contribution in [3.8, 4) is 0 Å². The summed E-state index contributed by atoms with van der Waals surface area (Å²) in [5, 5.41) is 4.63. The van der Waals surface area contributed by atoms with Crippen LogP contribution in [0.5, 0.6) is 0 Å². The Bertz CT molecular complexity index is 534. The zero-order chi connectivity index (χ0) is 11.7. The van der Waals surface area contributed by atoms with E-state index in [-0.39, 0.29) is 5.91 Å². The summed E-state index contributed by atoms with van der Waals surface area (Å²) in [6, 6.07) is 3.29. The van der Waals surface area contributed by atoms with E-state index in [4.69, 9.17) is 11.6 Å². The zero-order valence-electron chi connectivity index (χ0n) is 8.94. The first-order valence-corrected chi connectivity index (χ1v) is 5.15. The molecule has 0 aliphatic rings. The Morgan fingerprint density at radius 1 is 1.31 bits per heavy atom. The Labute approximate surface area is 97.9 Å². The van der Waals surface area contributed by atoms with E-state index in [0.29, 0.717) is 22.0 Å². The van der Waals surface area contributed by atoms with Gasteiger partial charge in [-0.3, -0.25) is 9.78 Å². The molecule has 0 aliphatic carbocycles. The lowest BCUT2D eigenvalue weighted by Gasteiger charge is -2.02. The van der Waals surface area contributed by atoms with Gasteiger partial charge in [0, 0.05) is 18.0 Å². The fourth-order valence-corrected chi connectivity index (χ4v) is 1.56. The van der Waals surface area contributed by atoms with Gasteiger partial charge in [0.15, 0.2) is 0 Å². The Morgan fingerprint density at radius 3 is 2.44 bits per heavy atom. The molecule has 0 radical (unpaired) electrons. The summed E-state index contributed by atoms with van der Waals surface area (Å²) in [5.41, 5.74) is 1.85. The molecule has 16 heavy (non-hydrogen) atoms. The van der Waals surface area contributed by atoms with Crippen molar-refractivity contribution in [2.24, 2.45) is 0 Å². The second kappa shape index (κ2) is 4.06. The van der Waals surface area contributed by atoms with Crippen molar-refractivity contribution < 1.29 is 4.79 Å². The maximum Gasteiger partial charge on any atom is 0.278 e. The van der Waals surface area contributed by atoms with Crippen LogP contribution in [0.15, 0.2) is 24.5 Å². The molecule has 0 unspecified atom stereocenters. The lowest BCUT2D eigenvalue weighted by Crippen LogP contribution is -2.15. The largest absolute Gasteiger partial charge is 0.278 e. The third-order valence-corrected chi connectivity index (χ3v) is 2.87. The first-order valence-electron chi connectivity index (χ1n) is 4.77. The Kier molecular flexibility index (Phi) is 2.75. The first-order chi connectivity index (χ1) is 7.61. The molecule has 0 saturated heterocycles. The molecule has 0 bridgehead atoms. The number of hydrogen-bond donors (Lipinski definition) is 0. The minimum Gasteiger partial charge on any atom is -0.267 e. The van der Waals surface area contributed by atoms with Crippen LogP contribution in [0.1, 0.15) is 21.7 Å². The zero-order valence-corrected chi connectivity index (χ0v) is 9.69. The van der Waals surface area contributed by atoms with Gasteiger partial charge in [-0.2, -0.15) is 9.78 Å². The molecule has 2 heterocycles. The summed E-state index contributed by atoms with van der Waals surface area (Å²) < 4.78 is 1.31. The SMILES string of the molecule is Cc1nn(C(=O)c2ccncc2)c(C)c1Cl. The number of carbonyl (C=O) groups is 1. The normalized spacial score (nSPS) is 10.4. The van der Waals surface area contributed by atoms with Crippen molar-refractivity contribution in [1.82, 2.24) is 14.8 Å². The number of carbonyl (C=O) groups excluding carboxylic acids is 1. The highest BCUT2D eigenvalue weighted by Crippen LogP contribution is 2.19. The summed E-state index contributed by atoms with van der Waals surface area (Å²) in [5.74, 6) is -0.199. The van der Waals surface area contributed by atoms with Crippen molar-refractivity contribution >= 4 is 17.5 Å². The molecular weight excluding hydrogens is 226 g/mol. The van der Waals surface area contributed by atoms with Crippen molar-refractivity contribution in [3.05, 3.63) is 46.5 Å². The second-order valence-electron chi connectivity index (χ2n) is 3.44. The molecule has 2 aromatic rings. The van der Waals surface area contributed by atoms with E-state index in [1.807, 2.05) is 0 Å². The smallest absolute Gasteiger partial charge is 0.267 e. The van der Waals surface area contributed by atoms with Crippen molar-refractivity contribution in [1.29, 1.82) is 0 Å². The Balaban J connectivity index is 2.46. The molecule has 0 aromatic carbocycles. The number of aromatic nitrogens is 3. The average Bonchev–Trinajstić information content (AvgIpc) is 2.57. The Hall–Kier alpha value is -1.68. The van der Waals surface area contributed by atoms with E-state index in [9.17, 15) is 4.79 Å². The van der Waals surface area contributed by atoms with Gasteiger partial charge in [0.1, 0.15) is 0 Å². The number of nitrogens with zero attached hydrogens (tertiary/aromatic N) is 3. The minimum atomic E-state index is -0.199. The maximum absolute atomic E-state index is 12.0. The molecule has 5 heteroatoms. The van der Waals surface area contributed by atoms with Crippen LogP contribution >= 0.6 is 11.6 Å². The van der Waals surface area contributed by atoms with Crippen LogP contribution in [0.4, 0.5) is 0 Å². The van der Waals surface area contributed by atoms with Crippen LogP contribution in [0.2, 0.25) is 5.02 Å². The highest BCUT2D eigenvalue weighted by molar-refractivity contribution is 6.32. The predicted octanol–water partition coefficient (Wildman–Crippen LogP) is 2.24. The van der Waals surface area contributed by atoms with Gasteiger partial charge in [0.25, 0.3) is 5.91 Å². The van der Waals surface area contributed by atoms with Gasteiger partial charge in [0.05, 0.1) is 16.4 Å². The van der Waals surface area contributed by atoms with Crippen LogP contribution in [-0.2, 0) is 0 Å². The lowest BCUT2D eigenvalue weighted by atomic mass is 10.2. The molecule has 0 aliphatic heterocycles. The molecule has 0 N–H and O–H groups in total. The molecule has 0 saturated carbocycles. The summed E-state index contributed by atoms with van der Waals surface area (Å²) in [4.78, 5) is 15.9. The van der Waals surface area contributed by atoms with Gasteiger partial charge in [-0.15, -0.1) is 0 Å². The van der Waals surface area contributed by atoms with Gasteiger partial charge in [0.2, 0.25) is 0 Å². The molecule has 0 atom stereocenters. The highest BCUT2D eigenvalue weighted by atomic mass is 35.5. The number of halogens is 1. The van der Waals surface area contributed by atoms with E-state index >= 15 is 0 Å². The van der Waals surface area contributed by atoms with E-state index in [0.717, 1.165) is 0 Å². The molecule has 0 spiro atoms. The average molecular weight is 236 g/mol. The number of aryl methyl sites for hydroxylation is 1. The number of rotatable bonds is 1. The van der Waals surface area contributed by atoms with Gasteiger partial charge >= 0.3 is 0 Å². The van der Waals surface area contributed by atoms with Crippen LogP contribution in [0.25, 0.3) is 0 Å². The molecule has 0 fully saturated rings. The summed E-state index contributed by atoms with van der Waals surface area (Å²) in [7, 11) is 0. The van der Waals surface area contributed by atoms with Crippen LogP contribution < -0.4 is 0 Å². The summed E-state index contributed by atoms with van der Waals surface area (Å²) >= 11 is 5.98. The Morgan fingerprint density at radius 2 is 1.94 bits per heavy atom. The third-order valence-electron chi connectivity index (χ3n) is 2.32. The fraction of sp³-hybridized carbons (Fsp3) is 0.182. The van der Waals surface area contributed by atoms with Crippen molar-refractivity contribution in [2.45, 2.75) is 13.8 Å². The van der Waals surface area contributed by atoms with Crippen LogP contribution in [0, 0.1) is 13.8 Å². The first kappa shape index (κ1) is 10.8. The number of pyridine rings is 1. The minimum absolute atomic E-state index is 0.199. The third kappa shape index (κ3) is 1.72. The van der Waals surface area contributed by atoms with Crippen LogP contribution in [0.3, 0.4) is 0 Å². The van der Waals surface area contributed by atoms with Crippen molar-refractivity contribution in [3.63, 3.8) is 0 Å². The van der Waals surface area contributed by atoms with Crippen molar-refractivity contribution in [2.75, 3.05) is 0 Å². The van der Waals surface area contributed by atoms with E-state index in [1.165, 1.54) is 4.68 Å². The standard InChI is InChI=1S/C11H10ClN3O/c1-7-10(12)8(2)15(14-7)11(16)9-3-5-13-6-4-9/h3-6H,1-2H3. The van der Waals surface area contributed by atoms with E-state index < -0.39 is 0 Å². The summed E-state index contributed by atoms with van der Waals surface area (Å²) in [6.45, 7) is 3.53. The summed E-state index contributed by atoms with van der Waals surface area (Å²) in [6.07, 6.45) is 3.14. The molecule has 4 nitrogen and oxygen atoms in total. The molecule has 2 rings (SSSR count). The molecule has 2 aromatic heterocycles. The second-order valence-corrected chi connectivity index (χ2v) is 3.82. The molecule has 82 valence electrons. The molecule has 0 amide bonds. The predicted molar refractivity (Wildman–Crippen MR) is 60.7 cm³/mol. The van der Waals surface area contributed by atoms with Gasteiger partial charge in [-0.05, 0) is 26.0 Å². The maximum atomic E-state index is 12.0. The van der Waals surface area contributed by atoms with E-state index in [2.05, 4.69) is 10.1 Å². The van der Waals surface area contributed by atoms with Gasteiger partial charge < -0.3 is 0 Å². The number of hydrogen-bond acceptors (Lipinski definition) is 3. The van der Waals surface area contributed by atoms with Crippen LogP contribution in [-0.4, -0.2) is 20.7 Å². The van der Waals surface area contributed by atoms with E-state index in [1.54, 1.807) is 38.4 Å². The highest BCUT2D eigenvalue weighted by Gasteiger charge is 2.16. The van der Waals surface area contributed by atoms with Gasteiger partial charge in [-0.25, -0.2) is 0 Å². The quantitative estimate of drug-likeness (QED) is 0.762. The fourth-order valence-electron chi connectivity index (χ4n) is 1.44. The molecular formula is C11H10ClN3O.